The minimum Gasteiger partial charge on any atom is -0.277 e. The molecule has 0 fully saturated rings. The van der Waals surface area contributed by atoms with E-state index in [1.165, 1.54) is 10.3 Å². The number of hydrogen-bond acceptors (Lipinski definition) is 1. The molecule has 2 rings (SSSR count). The monoisotopic (exact) mass is 185 g/mol. The quantitative estimate of drug-likeness (QED) is 0.643. The molecule has 0 unspecified atom stereocenters. The van der Waals surface area contributed by atoms with Crippen LogP contribution in [0.3, 0.4) is 0 Å². The van der Waals surface area contributed by atoms with Crippen molar-refractivity contribution < 1.29 is 0 Å². The van der Waals surface area contributed by atoms with E-state index in [1.54, 1.807) is 11.3 Å². The maximum absolute atomic E-state index is 2.26. The van der Waals surface area contributed by atoms with Crippen LogP contribution in [-0.2, 0) is 6.32 Å². The van der Waals surface area contributed by atoms with Gasteiger partial charge in [0.05, 0.1) is 0 Å². The SMILES string of the molecule is [B-](Cc1ccccc1)c1cccs1. The van der Waals surface area contributed by atoms with Gasteiger partial charge in [-0.2, -0.15) is 11.3 Å². The van der Waals surface area contributed by atoms with Crippen LogP contribution in [0.5, 0.6) is 0 Å². The van der Waals surface area contributed by atoms with E-state index >= 15 is 0 Å². The Bertz CT molecular complexity index is 340. The molecule has 0 saturated carbocycles. The van der Waals surface area contributed by atoms with E-state index in [9.17, 15) is 0 Å². The second kappa shape index (κ2) is 4.29. The Labute approximate surface area is 83.5 Å². The van der Waals surface area contributed by atoms with Crippen molar-refractivity contribution in [3.63, 3.8) is 0 Å². The van der Waals surface area contributed by atoms with E-state index < -0.39 is 0 Å². The summed E-state index contributed by atoms with van der Waals surface area (Å²) in [5.74, 6) is 0. The maximum Gasteiger partial charge on any atom is -0.0130 e. The van der Waals surface area contributed by atoms with E-state index in [2.05, 4.69) is 55.1 Å². The van der Waals surface area contributed by atoms with Crippen molar-refractivity contribution in [2.24, 2.45) is 0 Å². The first-order valence-electron chi connectivity index (χ1n) is 4.36. The Morgan fingerprint density at radius 1 is 1.00 bits per heavy atom. The minimum atomic E-state index is 1.03. The van der Waals surface area contributed by atoms with Crippen molar-refractivity contribution >= 4 is 23.4 Å². The lowest BCUT2D eigenvalue weighted by Crippen LogP contribution is -2.11. The topological polar surface area (TPSA) is 0 Å². The molecule has 1 aromatic heterocycles. The molecule has 0 N–H and O–H groups in total. The van der Waals surface area contributed by atoms with Crippen LogP contribution in [0.4, 0.5) is 0 Å². The van der Waals surface area contributed by atoms with Crippen LogP contribution in [0, 0.1) is 0 Å². The molecule has 0 nitrogen and oxygen atoms in total. The van der Waals surface area contributed by atoms with Crippen LogP contribution in [0.2, 0.25) is 0 Å². The Morgan fingerprint density at radius 2 is 1.85 bits per heavy atom. The van der Waals surface area contributed by atoms with Gasteiger partial charge in [-0.05, 0) is 5.38 Å². The summed E-state index contributed by atoms with van der Waals surface area (Å²) in [5, 5.41) is 2.11. The molecule has 2 heteroatoms. The zero-order valence-corrected chi connectivity index (χ0v) is 8.13. The molecular weight excluding hydrogens is 175 g/mol. The molecule has 0 aliphatic heterocycles. The van der Waals surface area contributed by atoms with Crippen molar-refractivity contribution in [1.29, 1.82) is 0 Å². The highest BCUT2D eigenvalue weighted by molar-refractivity contribution is 7.19. The average Bonchev–Trinajstić information content (AvgIpc) is 2.69. The normalized spacial score (nSPS) is 10.2. The van der Waals surface area contributed by atoms with Crippen LogP contribution < -0.4 is 4.78 Å². The van der Waals surface area contributed by atoms with Gasteiger partial charge in [0.1, 0.15) is 0 Å². The molecule has 0 aliphatic rings. The molecule has 0 atom stereocenters. The first-order chi connectivity index (χ1) is 6.45. The summed E-state index contributed by atoms with van der Waals surface area (Å²) >= 11 is 1.79. The van der Waals surface area contributed by atoms with Crippen LogP contribution in [0.25, 0.3) is 0 Å². The summed E-state index contributed by atoms with van der Waals surface area (Å²) in [7, 11) is 2.26. The molecule has 64 valence electrons. The van der Waals surface area contributed by atoms with E-state index in [1.807, 2.05) is 0 Å². The van der Waals surface area contributed by atoms with E-state index in [0.717, 1.165) is 6.32 Å². The van der Waals surface area contributed by atoms with Gasteiger partial charge in [0.2, 0.25) is 0 Å². The Balaban J connectivity index is 1.94. The number of rotatable bonds is 3. The molecule has 0 amide bonds. The lowest BCUT2D eigenvalue weighted by atomic mass is 9.71. The predicted octanol–water partition coefficient (Wildman–Crippen LogP) is 2.28. The summed E-state index contributed by atoms with van der Waals surface area (Å²) in [6.45, 7) is 0. The first-order valence-corrected chi connectivity index (χ1v) is 5.24. The molecule has 0 spiro atoms. The van der Waals surface area contributed by atoms with E-state index in [0.29, 0.717) is 0 Å². The Morgan fingerprint density at radius 3 is 2.54 bits per heavy atom. The van der Waals surface area contributed by atoms with Crippen molar-refractivity contribution in [3.8, 4) is 0 Å². The molecule has 13 heavy (non-hydrogen) atoms. The van der Waals surface area contributed by atoms with Gasteiger partial charge >= 0.3 is 0 Å². The van der Waals surface area contributed by atoms with E-state index in [-0.39, 0.29) is 0 Å². The number of hydrogen-bond donors (Lipinski definition) is 0. The van der Waals surface area contributed by atoms with Gasteiger partial charge in [-0.1, -0.05) is 48.0 Å². The van der Waals surface area contributed by atoms with Crippen LogP contribution in [0.15, 0.2) is 47.8 Å². The fraction of sp³-hybridized carbons (Fsp3) is 0.0909. The average molecular weight is 185 g/mol. The molecule has 1 heterocycles. The summed E-state index contributed by atoms with van der Waals surface area (Å²) in [6, 6.07) is 14.8. The third kappa shape index (κ3) is 2.46. The summed E-state index contributed by atoms with van der Waals surface area (Å²) < 4.78 is 1.35. The molecule has 0 saturated heterocycles. The smallest absolute Gasteiger partial charge is 0.0130 e. The standard InChI is InChI=1S/C11H10BS/c1-2-5-10(6-3-1)9-12-11-7-4-8-13-11/h1-8H,9H2/q-1. The van der Waals surface area contributed by atoms with Crippen molar-refractivity contribution in [2.45, 2.75) is 6.32 Å². The van der Waals surface area contributed by atoms with Gasteiger partial charge in [0.25, 0.3) is 0 Å². The van der Waals surface area contributed by atoms with Gasteiger partial charge < -0.3 is 0 Å². The highest BCUT2D eigenvalue weighted by Gasteiger charge is 1.82. The largest absolute Gasteiger partial charge is 0.277 e. The minimum absolute atomic E-state index is 1.03. The lowest BCUT2D eigenvalue weighted by Gasteiger charge is -2.11. The number of benzene rings is 1. The molecule has 0 aliphatic carbocycles. The van der Waals surface area contributed by atoms with Crippen molar-refractivity contribution in [2.75, 3.05) is 0 Å². The molecular formula is C11H10BS-. The predicted molar refractivity (Wildman–Crippen MR) is 59.9 cm³/mol. The Kier molecular flexibility index (Phi) is 2.83. The molecule has 0 bridgehead atoms. The maximum atomic E-state index is 2.26. The summed E-state index contributed by atoms with van der Waals surface area (Å²) in [6.07, 6.45) is 1.03. The van der Waals surface area contributed by atoms with Crippen molar-refractivity contribution in [1.82, 2.24) is 0 Å². The van der Waals surface area contributed by atoms with Gasteiger partial charge in [-0.25, -0.2) is 11.1 Å². The Hall–Kier alpha value is -1.02. The second-order valence-electron chi connectivity index (χ2n) is 2.91. The van der Waals surface area contributed by atoms with Gasteiger partial charge in [0, 0.05) is 0 Å². The number of thiophene rings is 1. The third-order valence-electron chi connectivity index (χ3n) is 1.92. The molecule has 2 radical (unpaired) electrons. The lowest BCUT2D eigenvalue weighted by molar-refractivity contribution is 1.39. The van der Waals surface area contributed by atoms with Gasteiger partial charge in [-0.3, -0.25) is 7.28 Å². The fourth-order valence-corrected chi connectivity index (χ4v) is 1.89. The van der Waals surface area contributed by atoms with Crippen LogP contribution in [-0.4, -0.2) is 7.28 Å². The first kappa shape index (κ1) is 8.58. The molecule has 2 aromatic rings. The molecule has 1 aromatic carbocycles. The second-order valence-corrected chi connectivity index (χ2v) is 3.89. The zero-order chi connectivity index (χ0) is 8.93. The van der Waals surface area contributed by atoms with Crippen molar-refractivity contribution in [3.05, 3.63) is 53.4 Å². The highest BCUT2D eigenvalue weighted by atomic mass is 32.1. The van der Waals surface area contributed by atoms with Crippen LogP contribution >= 0.6 is 11.3 Å². The third-order valence-corrected chi connectivity index (χ3v) is 2.79. The van der Waals surface area contributed by atoms with Crippen LogP contribution in [0.1, 0.15) is 5.56 Å². The zero-order valence-electron chi connectivity index (χ0n) is 7.31. The fourth-order valence-electron chi connectivity index (χ4n) is 1.24. The summed E-state index contributed by atoms with van der Waals surface area (Å²) in [4.78, 5) is 0. The van der Waals surface area contributed by atoms with Gasteiger partial charge in [0.15, 0.2) is 0 Å². The summed E-state index contributed by atoms with van der Waals surface area (Å²) in [5.41, 5.74) is 1.37. The van der Waals surface area contributed by atoms with E-state index in [4.69, 9.17) is 0 Å². The van der Waals surface area contributed by atoms with Gasteiger partial charge in [-0.15, -0.1) is 0 Å². The highest BCUT2D eigenvalue weighted by Crippen LogP contribution is 1.99.